The van der Waals surface area contributed by atoms with E-state index >= 15 is 0 Å². The maximum absolute atomic E-state index is 14.1. The number of likely N-dealkylation sites (tertiary alicyclic amines) is 1. The van der Waals surface area contributed by atoms with E-state index in [1.54, 1.807) is 11.1 Å². The number of halogens is 1. The smallest absolute Gasteiger partial charge is 0.410 e. The maximum Gasteiger partial charge on any atom is 0.410 e. The lowest BCUT2D eigenvalue weighted by Crippen LogP contribution is -2.44. The number of piperidine rings is 1. The Morgan fingerprint density at radius 3 is 2.91 bits per heavy atom. The van der Waals surface area contributed by atoms with Crippen molar-refractivity contribution >= 4 is 11.8 Å². The molecule has 1 aromatic rings. The topological polar surface area (TPSA) is 54.8 Å². The number of nitrogens with zero attached hydrogens (tertiary/aromatic N) is 3. The Labute approximate surface area is 135 Å². The van der Waals surface area contributed by atoms with Crippen molar-refractivity contribution in [2.24, 2.45) is 10.9 Å². The first-order valence-corrected chi connectivity index (χ1v) is 8.00. The number of carbonyl (C=O) groups is 1. The van der Waals surface area contributed by atoms with E-state index in [1.165, 1.54) is 6.20 Å². The first-order valence-electron chi connectivity index (χ1n) is 8.00. The van der Waals surface area contributed by atoms with Crippen LogP contribution in [0.1, 0.15) is 44.7 Å². The van der Waals surface area contributed by atoms with E-state index in [0.29, 0.717) is 25.2 Å². The van der Waals surface area contributed by atoms with Crippen LogP contribution < -0.4 is 0 Å². The largest absolute Gasteiger partial charge is 0.444 e. The standard InChI is InChI=1S/C17H22FN3O2/c1-17(2,3)23-16(22)21-6-4-5-11(10-21)15-14-12(8-20-15)7-19-9-13(14)18/h7,9,11H,4-6,8,10H2,1-3H3. The number of aromatic nitrogens is 1. The van der Waals surface area contributed by atoms with Gasteiger partial charge in [0.15, 0.2) is 5.82 Å². The highest BCUT2D eigenvalue weighted by molar-refractivity contribution is 6.05. The number of amides is 1. The second kappa shape index (κ2) is 5.91. The summed E-state index contributed by atoms with van der Waals surface area (Å²) < 4.78 is 19.6. The minimum atomic E-state index is -0.515. The van der Waals surface area contributed by atoms with E-state index in [1.807, 2.05) is 20.8 Å². The van der Waals surface area contributed by atoms with E-state index in [9.17, 15) is 9.18 Å². The molecule has 0 bridgehead atoms. The van der Waals surface area contributed by atoms with E-state index < -0.39 is 5.60 Å². The van der Waals surface area contributed by atoms with Gasteiger partial charge in [0, 0.05) is 36.3 Å². The minimum absolute atomic E-state index is 0.0504. The zero-order valence-corrected chi connectivity index (χ0v) is 13.8. The van der Waals surface area contributed by atoms with Gasteiger partial charge < -0.3 is 9.64 Å². The van der Waals surface area contributed by atoms with E-state index in [4.69, 9.17) is 4.74 Å². The normalized spacial score (nSPS) is 21.0. The van der Waals surface area contributed by atoms with Crippen LogP contribution in [0.3, 0.4) is 0 Å². The lowest BCUT2D eigenvalue weighted by Gasteiger charge is -2.34. The molecule has 3 heterocycles. The number of pyridine rings is 1. The van der Waals surface area contributed by atoms with Crippen LogP contribution in [-0.2, 0) is 11.3 Å². The third-order valence-electron chi connectivity index (χ3n) is 4.11. The van der Waals surface area contributed by atoms with Gasteiger partial charge in [-0.2, -0.15) is 0 Å². The van der Waals surface area contributed by atoms with E-state index in [-0.39, 0.29) is 17.8 Å². The molecule has 1 saturated heterocycles. The van der Waals surface area contributed by atoms with Crippen molar-refractivity contribution in [2.45, 2.75) is 45.8 Å². The van der Waals surface area contributed by atoms with Crippen molar-refractivity contribution in [2.75, 3.05) is 13.1 Å². The van der Waals surface area contributed by atoms with Gasteiger partial charge in [0.1, 0.15) is 5.60 Å². The number of carbonyl (C=O) groups excluding carboxylic acids is 1. The van der Waals surface area contributed by atoms with Crippen molar-refractivity contribution in [3.8, 4) is 0 Å². The van der Waals surface area contributed by atoms with Crippen LogP contribution in [0.15, 0.2) is 17.4 Å². The molecular formula is C17H22FN3O2. The van der Waals surface area contributed by atoms with Gasteiger partial charge in [-0.05, 0) is 33.6 Å². The van der Waals surface area contributed by atoms with Crippen LogP contribution in [-0.4, -0.2) is 40.4 Å². The molecule has 0 radical (unpaired) electrons. The predicted octanol–water partition coefficient (Wildman–Crippen LogP) is 3.17. The van der Waals surface area contributed by atoms with Gasteiger partial charge >= 0.3 is 6.09 Å². The zero-order chi connectivity index (χ0) is 16.6. The predicted molar refractivity (Wildman–Crippen MR) is 85.0 cm³/mol. The Hall–Kier alpha value is -1.98. The summed E-state index contributed by atoms with van der Waals surface area (Å²) in [5, 5.41) is 0. The molecule has 1 atom stereocenters. The molecule has 2 aliphatic heterocycles. The molecule has 23 heavy (non-hydrogen) atoms. The molecule has 3 rings (SSSR count). The molecule has 0 aliphatic carbocycles. The SMILES string of the molecule is CC(C)(C)OC(=O)N1CCCC(C2=NCc3cncc(F)c32)C1. The first-order chi connectivity index (χ1) is 10.8. The Kier molecular flexibility index (Phi) is 4.08. The summed E-state index contributed by atoms with van der Waals surface area (Å²) >= 11 is 0. The molecule has 1 unspecified atom stereocenters. The summed E-state index contributed by atoms with van der Waals surface area (Å²) in [5.74, 6) is -0.275. The van der Waals surface area contributed by atoms with Gasteiger partial charge in [-0.1, -0.05) is 0 Å². The number of rotatable bonds is 1. The average molecular weight is 319 g/mol. The molecule has 1 aromatic heterocycles. The highest BCUT2D eigenvalue weighted by atomic mass is 19.1. The highest BCUT2D eigenvalue weighted by Crippen LogP contribution is 2.29. The van der Waals surface area contributed by atoms with Crippen molar-refractivity contribution in [1.29, 1.82) is 0 Å². The van der Waals surface area contributed by atoms with E-state index in [0.717, 1.165) is 24.1 Å². The van der Waals surface area contributed by atoms with Crippen molar-refractivity contribution in [3.05, 3.63) is 29.3 Å². The fourth-order valence-corrected chi connectivity index (χ4v) is 3.16. The lowest BCUT2D eigenvalue weighted by atomic mass is 9.89. The average Bonchev–Trinajstić information content (AvgIpc) is 2.91. The minimum Gasteiger partial charge on any atom is -0.444 e. The third-order valence-corrected chi connectivity index (χ3v) is 4.11. The summed E-state index contributed by atoms with van der Waals surface area (Å²) in [7, 11) is 0. The molecule has 0 saturated carbocycles. The molecule has 124 valence electrons. The summed E-state index contributed by atoms with van der Waals surface area (Å²) in [6.45, 7) is 7.22. The Morgan fingerprint density at radius 1 is 1.39 bits per heavy atom. The molecule has 6 heteroatoms. The fraction of sp³-hybridized carbons (Fsp3) is 0.588. The Bertz CT molecular complexity index is 652. The number of aliphatic imine (C=N–C) groups is 1. The van der Waals surface area contributed by atoms with Gasteiger partial charge in [-0.15, -0.1) is 0 Å². The molecule has 1 fully saturated rings. The summed E-state index contributed by atoms with van der Waals surface area (Å²) in [6, 6.07) is 0. The van der Waals surface area contributed by atoms with Gasteiger partial charge in [0.05, 0.1) is 18.5 Å². The number of hydrogen-bond acceptors (Lipinski definition) is 4. The van der Waals surface area contributed by atoms with Crippen LogP contribution in [0.25, 0.3) is 0 Å². The molecular weight excluding hydrogens is 297 g/mol. The molecule has 1 amide bonds. The van der Waals surface area contributed by atoms with Gasteiger partial charge in [0.2, 0.25) is 0 Å². The lowest BCUT2D eigenvalue weighted by molar-refractivity contribution is 0.0194. The highest BCUT2D eigenvalue weighted by Gasteiger charge is 2.33. The van der Waals surface area contributed by atoms with Crippen LogP contribution in [0, 0.1) is 11.7 Å². The first kappa shape index (κ1) is 15.9. The van der Waals surface area contributed by atoms with Gasteiger partial charge in [0.25, 0.3) is 0 Å². The summed E-state index contributed by atoms with van der Waals surface area (Å²) in [6.07, 6.45) is 4.36. The molecule has 0 N–H and O–H groups in total. The quantitative estimate of drug-likeness (QED) is 0.799. The second-order valence-corrected chi connectivity index (χ2v) is 7.12. The van der Waals surface area contributed by atoms with Crippen LogP contribution in [0.4, 0.5) is 9.18 Å². The van der Waals surface area contributed by atoms with Crippen LogP contribution >= 0.6 is 0 Å². The monoisotopic (exact) mass is 319 g/mol. The molecule has 2 aliphatic rings. The van der Waals surface area contributed by atoms with Crippen molar-refractivity contribution in [3.63, 3.8) is 0 Å². The number of fused-ring (bicyclic) bond motifs is 1. The zero-order valence-electron chi connectivity index (χ0n) is 13.8. The molecule has 0 spiro atoms. The summed E-state index contributed by atoms with van der Waals surface area (Å²) in [5.41, 5.74) is 1.66. The van der Waals surface area contributed by atoms with Crippen molar-refractivity contribution in [1.82, 2.24) is 9.88 Å². The summed E-state index contributed by atoms with van der Waals surface area (Å²) in [4.78, 5) is 22.4. The van der Waals surface area contributed by atoms with E-state index in [2.05, 4.69) is 9.98 Å². The Morgan fingerprint density at radius 2 is 2.17 bits per heavy atom. The third kappa shape index (κ3) is 3.35. The molecule has 5 nitrogen and oxygen atoms in total. The Balaban J connectivity index is 1.75. The second-order valence-electron chi connectivity index (χ2n) is 7.12. The van der Waals surface area contributed by atoms with Crippen molar-refractivity contribution < 1.29 is 13.9 Å². The number of hydrogen-bond donors (Lipinski definition) is 0. The van der Waals surface area contributed by atoms with Gasteiger partial charge in [-0.3, -0.25) is 9.98 Å². The number of ether oxygens (including phenoxy) is 1. The molecule has 0 aromatic carbocycles. The van der Waals surface area contributed by atoms with Gasteiger partial charge in [-0.25, -0.2) is 9.18 Å². The maximum atomic E-state index is 14.1. The van der Waals surface area contributed by atoms with Crippen LogP contribution in [0.5, 0.6) is 0 Å². The fourth-order valence-electron chi connectivity index (χ4n) is 3.16. The van der Waals surface area contributed by atoms with Crippen LogP contribution in [0.2, 0.25) is 0 Å².